The van der Waals surface area contributed by atoms with Gasteiger partial charge in [0.25, 0.3) is 0 Å². The van der Waals surface area contributed by atoms with Crippen LogP contribution in [0.5, 0.6) is 0 Å². The lowest BCUT2D eigenvalue weighted by molar-refractivity contribution is 0.210. The van der Waals surface area contributed by atoms with Gasteiger partial charge in [0.05, 0.1) is 6.61 Å². The molecular weight excluding hydrogens is 304 g/mol. The Morgan fingerprint density at radius 2 is 1.92 bits per heavy atom. The van der Waals surface area contributed by atoms with Crippen LogP contribution in [-0.4, -0.2) is 61.4 Å². The van der Waals surface area contributed by atoms with E-state index in [1.54, 1.807) is 7.11 Å². The Morgan fingerprint density at radius 1 is 1.12 bits per heavy atom. The zero-order chi connectivity index (χ0) is 16.8. The number of anilines is 3. The molecule has 1 aliphatic rings. The molecular formula is C17H24N6O. The zero-order valence-corrected chi connectivity index (χ0v) is 14.3. The van der Waals surface area contributed by atoms with Gasteiger partial charge in [0.15, 0.2) is 0 Å². The molecule has 0 radical (unpaired) electrons. The highest BCUT2D eigenvalue weighted by Gasteiger charge is 2.20. The van der Waals surface area contributed by atoms with Gasteiger partial charge in [0.2, 0.25) is 5.95 Å². The quantitative estimate of drug-likeness (QED) is 0.807. The van der Waals surface area contributed by atoms with E-state index in [9.17, 15) is 0 Å². The van der Waals surface area contributed by atoms with E-state index >= 15 is 0 Å². The summed E-state index contributed by atoms with van der Waals surface area (Å²) in [6, 6.07) is 7.98. The third kappa shape index (κ3) is 4.11. The number of rotatable bonds is 6. The lowest BCUT2D eigenvalue weighted by Gasteiger charge is -2.35. The largest absolute Gasteiger partial charge is 0.383 e. The summed E-state index contributed by atoms with van der Waals surface area (Å²) in [7, 11) is 1.69. The van der Waals surface area contributed by atoms with Gasteiger partial charge in [0, 0.05) is 57.8 Å². The maximum Gasteiger partial charge on any atom is 0.227 e. The van der Waals surface area contributed by atoms with Crippen molar-refractivity contribution in [2.24, 2.45) is 0 Å². The van der Waals surface area contributed by atoms with E-state index in [0.717, 1.165) is 56.0 Å². The fraction of sp³-hybridized carbons (Fsp3) is 0.471. The van der Waals surface area contributed by atoms with E-state index in [-0.39, 0.29) is 0 Å². The predicted molar refractivity (Wildman–Crippen MR) is 95.8 cm³/mol. The van der Waals surface area contributed by atoms with Gasteiger partial charge in [-0.2, -0.15) is 4.98 Å². The molecule has 0 spiro atoms. The molecule has 7 heteroatoms. The van der Waals surface area contributed by atoms with Crippen LogP contribution in [0, 0.1) is 6.92 Å². The van der Waals surface area contributed by atoms with Gasteiger partial charge in [0.1, 0.15) is 11.6 Å². The molecule has 1 aliphatic heterocycles. The summed E-state index contributed by atoms with van der Waals surface area (Å²) in [6.45, 7) is 6.99. The van der Waals surface area contributed by atoms with Crippen molar-refractivity contribution in [3.63, 3.8) is 0 Å². The molecule has 0 bridgehead atoms. The molecule has 3 rings (SSSR count). The monoisotopic (exact) mass is 328 g/mol. The standard InChI is InChI=1S/C17H24N6O/c1-14-13-15(18-7-12-24-2)21-17(20-14)23-10-8-22(9-11-23)16-5-3-4-6-19-16/h3-6,13H,7-12H2,1-2H3,(H,18,20,21). The number of ether oxygens (including phenoxy) is 1. The topological polar surface area (TPSA) is 66.4 Å². The Hall–Kier alpha value is -2.41. The minimum absolute atomic E-state index is 0.654. The first-order valence-electron chi connectivity index (χ1n) is 8.25. The van der Waals surface area contributed by atoms with Crippen LogP contribution in [0.15, 0.2) is 30.5 Å². The van der Waals surface area contributed by atoms with Crippen molar-refractivity contribution < 1.29 is 4.74 Å². The number of hydrogen-bond donors (Lipinski definition) is 1. The highest BCUT2D eigenvalue weighted by atomic mass is 16.5. The molecule has 0 aliphatic carbocycles. The fourth-order valence-corrected chi connectivity index (χ4v) is 2.74. The van der Waals surface area contributed by atoms with Crippen molar-refractivity contribution in [1.29, 1.82) is 0 Å². The average Bonchev–Trinajstić information content (AvgIpc) is 2.62. The number of nitrogens with one attached hydrogen (secondary N) is 1. The summed E-state index contributed by atoms with van der Waals surface area (Å²) in [4.78, 5) is 18.2. The molecule has 0 atom stereocenters. The van der Waals surface area contributed by atoms with Crippen LogP contribution in [0.1, 0.15) is 5.69 Å². The van der Waals surface area contributed by atoms with Gasteiger partial charge in [-0.3, -0.25) is 0 Å². The summed E-state index contributed by atoms with van der Waals surface area (Å²) in [5, 5.41) is 3.28. The second-order valence-corrected chi connectivity index (χ2v) is 5.78. The highest BCUT2D eigenvalue weighted by Crippen LogP contribution is 2.18. The van der Waals surface area contributed by atoms with Crippen molar-refractivity contribution in [1.82, 2.24) is 15.0 Å². The second kappa shape index (κ2) is 7.92. The van der Waals surface area contributed by atoms with E-state index in [1.165, 1.54) is 0 Å². The molecule has 0 amide bonds. The highest BCUT2D eigenvalue weighted by molar-refractivity contribution is 5.46. The van der Waals surface area contributed by atoms with Gasteiger partial charge in [-0.1, -0.05) is 6.07 Å². The number of hydrogen-bond acceptors (Lipinski definition) is 7. The molecule has 0 saturated carbocycles. The zero-order valence-electron chi connectivity index (χ0n) is 14.3. The first kappa shape index (κ1) is 16.4. The smallest absolute Gasteiger partial charge is 0.227 e. The third-order valence-corrected chi connectivity index (χ3v) is 3.99. The average molecular weight is 328 g/mol. The summed E-state index contributed by atoms with van der Waals surface area (Å²) in [5.74, 6) is 2.67. The summed E-state index contributed by atoms with van der Waals surface area (Å²) < 4.78 is 5.07. The third-order valence-electron chi connectivity index (χ3n) is 3.99. The van der Waals surface area contributed by atoms with E-state index in [0.29, 0.717) is 6.61 Å². The Bertz CT molecular complexity index is 643. The summed E-state index contributed by atoms with van der Waals surface area (Å²) in [6.07, 6.45) is 1.84. The molecule has 0 aromatic carbocycles. The van der Waals surface area contributed by atoms with Crippen LogP contribution in [0.2, 0.25) is 0 Å². The SMILES string of the molecule is COCCNc1cc(C)nc(N2CCN(c3ccccn3)CC2)n1. The first-order valence-corrected chi connectivity index (χ1v) is 8.25. The molecule has 0 unspecified atom stereocenters. The van der Waals surface area contributed by atoms with Crippen molar-refractivity contribution in [2.75, 3.05) is 61.6 Å². The Kier molecular flexibility index (Phi) is 5.43. The van der Waals surface area contributed by atoms with Crippen molar-refractivity contribution >= 4 is 17.6 Å². The molecule has 1 fully saturated rings. The predicted octanol–water partition coefficient (Wildman–Crippen LogP) is 1.56. The normalized spacial score (nSPS) is 14.8. The molecule has 1 N–H and O–H groups in total. The number of nitrogens with zero attached hydrogens (tertiary/aromatic N) is 5. The van der Waals surface area contributed by atoms with Crippen LogP contribution in [0.4, 0.5) is 17.6 Å². The Balaban J connectivity index is 1.63. The molecule has 128 valence electrons. The van der Waals surface area contributed by atoms with Crippen LogP contribution in [0.3, 0.4) is 0 Å². The summed E-state index contributed by atoms with van der Waals surface area (Å²) >= 11 is 0. The molecule has 24 heavy (non-hydrogen) atoms. The van der Waals surface area contributed by atoms with E-state index in [4.69, 9.17) is 4.74 Å². The van der Waals surface area contributed by atoms with Gasteiger partial charge in [-0.25, -0.2) is 9.97 Å². The van der Waals surface area contributed by atoms with Gasteiger partial charge in [-0.15, -0.1) is 0 Å². The van der Waals surface area contributed by atoms with Crippen LogP contribution in [0.25, 0.3) is 0 Å². The number of piperazine rings is 1. The summed E-state index contributed by atoms with van der Waals surface area (Å²) in [5.41, 5.74) is 0.965. The van der Waals surface area contributed by atoms with E-state index in [2.05, 4.69) is 36.1 Å². The minimum atomic E-state index is 0.654. The van der Waals surface area contributed by atoms with E-state index in [1.807, 2.05) is 31.3 Å². The second-order valence-electron chi connectivity index (χ2n) is 5.78. The van der Waals surface area contributed by atoms with Crippen LogP contribution in [-0.2, 0) is 4.74 Å². The van der Waals surface area contributed by atoms with Gasteiger partial charge >= 0.3 is 0 Å². The number of aryl methyl sites for hydroxylation is 1. The van der Waals surface area contributed by atoms with Crippen molar-refractivity contribution in [3.8, 4) is 0 Å². The lowest BCUT2D eigenvalue weighted by Crippen LogP contribution is -2.47. The first-order chi connectivity index (χ1) is 11.8. The fourth-order valence-electron chi connectivity index (χ4n) is 2.74. The van der Waals surface area contributed by atoms with Crippen LogP contribution >= 0.6 is 0 Å². The lowest BCUT2D eigenvalue weighted by atomic mass is 10.3. The molecule has 2 aromatic heterocycles. The van der Waals surface area contributed by atoms with E-state index < -0.39 is 0 Å². The molecule has 3 heterocycles. The number of pyridine rings is 1. The number of aromatic nitrogens is 3. The molecule has 1 saturated heterocycles. The Morgan fingerprint density at radius 3 is 2.62 bits per heavy atom. The molecule has 7 nitrogen and oxygen atoms in total. The van der Waals surface area contributed by atoms with Crippen molar-refractivity contribution in [2.45, 2.75) is 6.92 Å². The maximum atomic E-state index is 5.07. The van der Waals surface area contributed by atoms with Crippen molar-refractivity contribution in [3.05, 3.63) is 36.2 Å². The van der Waals surface area contributed by atoms with Gasteiger partial charge < -0.3 is 19.9 Å². The number of methoxy groups -OCH3 is 1. The van der Waals surface area contributed by atoms with Crippen LogP contribution < -0.4 is 15.1 Å². The minimum Gasteiger partial charge on any atom is -0.383 e. The molecule has 2 aromatic rings. The maximum absolute atomic E-state index is 5.07. The Labute approximate surface area is 142 Å². The van der Waals surface area contributed by atoms with Gasteiger partial charge in [-0.05, 0) is 19.1 Å².